The smallest absolute Gasteiger partial charge is 0.219 e. The number of amides is 1. The molecule has 2 aliphatic heterocycles. The van der Waals surface area contributed by atoms with Crippen LogP contribution in [-0.4, -0.2) is 96.5 Å². The van der Waals surface area contributed by atoms with Crippen molar-refractivity contribution in [2.75, 3.05) is 65.2 Å². The van der Waals surface area contributed by atoms with Crippen LogP contribution < -0.4 is 5.32 Å². The van der Waals surface area contributed by atoms with Gasteiger partial charge in [0.25, 0.3) is 0 Å². The van der Waals surface area contributed by atoms with Crippen molar-refractivity contribution in [2.45, 2.75) is 25.5 Å². The Morgan fingerprint density at radius 2 is 1.83 bits per heavy atom. The number of halogens is 1. The van der Waals surface area contributed by atoms with Crippen LogP contribution in [0.15, 0.2) is 4.99 Å². The van der Waals surface area contributed by atoms with E-state index in [0.717, 1.165) is 64.1 Å². The lowest BCUT2D eigenvalue weighted by molar-refractivity contribution is -0.130. The van der Waals surface area contributed by atoms with Gasteiger partial charge in [-0.1, -0.05) is 0 Å². The number of guanidine groups is 1. The molecule has 0 atom stereocenters. The minimum Gasteiger partial charge on any atom is -0.355 e. The van der Waals surface area contributed by atoms with E-state index in [1.807, 2.05) is 23.7 Å². The molecule has 2 rings (SSSR count). The van der Waals surface area contributed by atoms with Crippen LogP contribution in [0.5, 0.6) is 0 Å². The van der Waals surface area contributed by atoms with Crippen LogP contribution in [0.2, 0.25) is 0 Å². The standard InChI is InChI=1S/C16H31N5OS.HI/c1-14(22)20-9-7-19(8-10-20)6-5-18-15(17-4)21-11-12-23-16(2,3)13-21;/h5-13H2,1-4H3,(H,17,18);1H. The molecule has 1 amide bonds. The lowest BCUT2D eigenvalue weighted by Gasteiger charge is -2.39. The second-order valence-corrected chi connectivity index (χ2v) is 8.65. The quantitative estimate of drug-likeness (QED) is 0.382. The first-order valence-electron chi connectivity index (χ1n) is 8.49. The molecule has 140 valence electrons. The third-order valence-corrected chi connectivity index (χ3v) is 5.76. The summed E-state index contributed by atoms with van der Waals surface area (Å²) in [6, 6.07) is 0. The maximum Gasteiger partial charge on any atom is 0.219 e. The van der Waals surface area contributed by atoms with Crippen LogP contribution >= 0.6 is 35.7 Å². The zero-order valence-corrected chi connectivity index (χ0v) is 18.5. The summed E-state index contributed by atoms with van der Waals surface area (Å²) in [6.07, 6.45) is 0. The second kappa shape index (κ2) is 10.1. The van der Waals surface area contributed by atoms with Crippen LogP contribution in [0.25, 0.3) is 0 Å². The fourth-order valence-corrected chi connectivity index (χ4v) is 4.25. The van der Waals surface area contributed by atoms with E-state index < -0.39 is 0 Å². The van der Waals surface area contributed by atoms with Crippen molar-refractivity contribution in [2.24, 2.45) is 4.99 Å². The van der Waals surface area contributed by atoms with Gasteiger partial charge in [-0.2, -0.15) is 11.8 Å². The van der Waals surface area contributed by atoms with Crippen LogP contribution in [-0.2, 0) is 4.79 Å². The van der Waals surface area contributed by atoms with Crippen molar-refractivity contribution in [1.82, 2.24) is 20.0 Å². The number of carbonyl (C=O) groups is 1. The van der Waals surface area contributed by atoms with E-state index in [9.17, 15) is 4.79 Å². The largest absolute Gasteiger partial charge is 0.355 e. The zero-order chi connectivity index (χ0) is 16.9. The van der Waals surface area contributed by atoms with Crippen molar-refractivity contribution in [1.29, 1.82) is 0 Å². The van der Waals surface area contributed by atoms with Gasteiger partial charge in [-0.25, -0.2) is 0 Å². The topological polar surface area (TPSA) is 51.2 Å². The average molecular weight is 469 g/mol. The molecule has 2 aliphatic rings. The third-order valence-electron chi connectivity index (χ3n) is 4.47. The van der Waals surface area contributed by atoms with Crippen molar-refractivity contribution in [3.8, 4) is 0 Å². The number of nitrogens with one attached hydrogen (secondary N) is 1. The monoisotopic (exact) mass is 469 g/mol. The van der Waals surface area contributed by atoms with Crippen molar-refractivity contribution < 1.29 is 4.79 Å². The normalized spacial score (nSPS) is 22.1. The van der Waals surface area contributed by atoms with Crippen molar-refractivity contribution in [3.63, 3.8) is 0 Å². The van der Waals surface area contributed by atoms with Crippen molar-refractivity contribution in [3.05, 3.63) is 0 Å². The molecule has 0 saturated carbocycles. The molecule has 2 fully saturated rings. The molecule has 0 spiro atoms. The van der Waals surface area contributed by atoms with Gasteiger partial charge < -0.3 is 15.1 Å². The van der Waals surface area contributed by atoms with Gasteiger partial charge in [0.2, 0.25) is 5.91 Å². The molecule has 24 heavy (non-hydrogen) atoms. The molecular weight excluding hydrogens is 437 g/mol. The highest BCUT2D eigenvalue weighted by atomic mass is 127. The van der Waals surface area contributed by atoms with E-state index in [4.69, 9.17) is 0 Å². The molecule has 0 aliphatic carbocycles. The molecular formula is C16H32IN5OS. The number of thioether (sulfide) groups is 1. The van der Waals surface area contributed by atoms with Gasteiger partial charge in [0, 0.05) is 76.8 Å². The predicted molar refractivity (Wildman–Crippen MR) is 114 cm³/mol. The molecule has 0 aromatic carbocycles. The summed E-state index contributed by atoms with van der Waals surface area (Å²) in [5, 5.41) is 3.50. The van der Waals surface area contributed by atoms with Crippen molar-refractivity contribution >= 4 is 47.6 Å². The fourth-order valence-electron chi connectivity index (χ4n) is 3.14. The summed E-state index contributed by atoms with van der Waals surface area (Å²) in [4.78, 5) is 22.5. The van der Waals surface area contributed by atoms with Gasteiger partial charge in [0.15, 0.2) is 5.96 Å². The highest BCUT2D eigenvalue weighted by Gasteiger charge is 2.28. The van der Waals surface area contributed by atoms with E-state index >= 15 is 0 Å². The molecule has 0 bridgehead atoms. The zero-order valence-electron chi connectivity index (χ0n) is 15.4. The maximum atomic E-state index is 11.3. The van der Waals surface area contributed by atoms with Crippen LogP contribution in [0, 0.1) is 0 Å². The summed E-state index contributed by atoms with van der Waals surface area (Å²) in [5.41, 5.74) is 0. The molecule has 2 heterocycles. The van der Waals surface area contributed by atoms with Crippen LogP contribution in [0.4, 0.5) is 0 Å². The van der Waals surface area contributed by atoms with Crippen LogP contribution in [0.1, 0.15) is 20.8 Å². The number of hydrogen-bond acceptors (Lipinski definition) is 4. The summed E-state index contributed by atoms with van der Waals surface area (Å²) < 4.78 is 0.291. The van der Waals surface area contributed by atoms with E-state index in [0.29, 0.717) is 4.75 Å². The first kappa shape index (κ1) is 21.8. The number of piperazine rings is 1. The van der Waals surface area contributed by atoms with Crippen LogP contribution in [0.3, 0.4) is 0 Å². The summed E-state index contributed by atoms with van der Waals surface area (Å²) >= 11 is 2.04. The van der Waals surface area contributed by atoms with Gasteiger partial charge in [-0.3, -0.25) is 14.7 Å². The van der Waals surface area contributed by atoms with Gasteiger partial charge in [-0.15, -0.1) is 24.0 Å². The van der Waals surface area contributed by atoms with Gasteiger partial charge in [0.05, 0.1) is 0 Å². The number of aliphatic imine (C=N–C) groups is 1. The maximum absolute atomic E-state index is 11.3. The molecule has 1 N–H and O–H groups in total. The highest BCUT2D eigenvalue weighted by Crippen LogP contribution is 2.29. The second-order valence-electron chi connectivity index (χ2n) is 6.85. The Hall–Kier alpha value is -0.220. The molecule has 2 saturated heterocycles. The Labute approximate surface area is 167 Å². The lowest BCUT2D eigenvalue weighted by atomic mass is 10.2. The van der Waals surface area contributed by atoms with Gasteiger partial charge in [-0.05, 0) is 13.8 Å². The number of nitrogens with zero attached hydrogens (tertiary/aromatic N) is 4. The number of rotatable bonds is 3. The Balaban J connectivity index is 0.00000288. The first-order chi connectivity index (χ1) is 10.9. The minimum atomic E-state index is 0. The molecule has 0 radical (unpaired) electrons. The van der Waals surface area contributed by atoms with Gasteiger partial charge in [0.1, 0.15) is 0 Å². The summed E-state index contributed by atoms with van der Waals surface area (Å²) in [5.74, 6) is 2.36. The molecule has 0 aromatic rings. The molecule has 0 aromatic heterocycles. The Morgan fingerprint density at radius 3 is 2.38 bits per heavy atom. The Kier molecular flexibility index (Phi) is 9.14. The van der Waals surface area contributed by atoms with Gasteiger partial charge >= 0.3 is 0 Å². The Morgan fingerprint density at radius 1 is 1.17 bits per heavy atom. The molecule has 8 heteroatoms. The van der Waals surface area contributed by atoms with E-state index in [1.54, 1.807) is 6.92 Å². The minimum absolute atomic E-state index is 0. The Bertz CT molecular complexity index is 438. The average Bonchev–Trinajstić information content (AvgIpc) is 2.51. The summed E-state index contributed by atoms with van der Waals surface area (Å²) in [7, 11) is 1.86. The highest BCUT2D eigenvalue weighted by molar-refractivity contribution is 14.0. The third kappa shape index (κ3) is 6.59. The summed E-state index contributed by atoms with van der Waals surface area (Å²) in [6.45, 7) is 13.9. The first-order valence-corrected chi connectivity index (χ1v) is 9.47. The number of hydrogen-bond donors (Lipinski definition) is 1. The van der Waals surface area contributed by atoms with E-state index in [2.05, 4.69) is 34.0 Å². The van der Waals surface area contributed by atoms with E-state index in [1.165, 1.54) is 0 Å². The number of carbonyl (C=O) groups excluding carboxylic acids is 1. The SMILES string of the molecule is CN=C(NCCN1CCN(C(C)=O)CC1)N1CCSC(C)(C)C1.I. The lowest BCUT2D eigenvalue weighted by Crippen LogP contribution is -2.53. The van der Waals surface area contributed by atoms with E-state index in [-0.39, 0.29) is 29.9 Å². The molecule has 6 nitrogen and oxygen atoms in total. The fraction of sp³-hybridized carbons (Fsp3) is 0.875. The predicted octanol–water partition coefficient (Wildman–Crippen LogP) is 1.17. The molecule has 0 unspecified atom stereocenters.